The summed E-state index contributed by atoms with van der Waals surface area (Å²) in [4.78, 5) is 2.57. The summed E-state index contributed by atoms with van der Waals surface area (Å²) in [6.07, 6.45) is 2.87. The number of nitrogens with one attached hydrogen (secondary N) is 1. The Morgan fingerprint density at radius 1 is 1.48 bits per heavy atom. The fourth-order valence-electron chi connectivity index (χ4n) is 4.39. The van der Waals surface area contributed by atoms with Crippen molar-refractivity contribution in [3.8, 4) is 6.07 Å². The van der Waals surface area contributed by atoms with E-state index in [1.54, 1.807) is 0 Å². The Labute approximate surface area is 124 Å². The number of H-pyrrole nitrogens is 1. The van der Waals surface area contributed by atoms with Gasteiger partial charge in [0.25, 0.3) is 0 Å². The number of aromatic amines is 1. The van der Waals surface area contributed by atoms with Crippen molar-refractivity contribution < 1.29 is 0 Å². The molecule has 1 aliphatic heterocycles. The zero-order valence-electron chi connectivity index (χ0n) is 12.3. The number of likely N-dealkylation sites (N-methyl/N-ethyl adjacent to an activating group) is 1. The molecule has 0 saturated carbocycles. The molecule has 0 bridgehead atoms. The highest BCUT2D eigenvalue weighted by atomic mass is 15.2. The number of nitriles is 1. The van der Waals surface area contributed by atoms with E-state index in [9.17, 15) is 0 Å². The number of likely N-dealkylation sites (tertiary alicyclic amines) is 1. The summed E-state index contributed by atoms with van der Waals surface area (Å²) in [7, 11) is 0. The topological polar surface area (TPSA) is 55.7 Å². The van der Waals surface area contributed by atoms with Gasteiger partial charge in [-0.2, -0.15) is 10.4 Å². The Morgan fingerprint density at radius 2 is 2.38 bits per heavy atom. The van der Waals surface area contributed by atoms with Crippen LogP contribution in [-0.2, 0) is 6.42 Å². The van der Waals surface area contributed by atoms with Gasteiger partial charge in [0.05, 0.1) is 11.6 Å². The van der Waals surface area contributed by atoms with Gasteiger partial charge in [-0.25, -0.2) is 0 Å². The highest BCUT2D eigenvalue weighted by Gasteiger charge is 2.40. The highest BCUT2D eigenvalue weighted by Crippen LogP contribution is 2.44. The van der Waals surface area contributed by atoms with Crippen molar-refractivity contribution in [1.29, 1.82) is 5.26 Å². The molecule has 1 aromatic heterocycles. The van der Waals surface area contributed by atoms with Crippen LogP contribution in [0.25, 0.3) is 10.9 Å². The van der Waals surface area contributed by atoms with Gasteiger partial charge in [0, 0.05) is 42.4 Å². The Balaban J connectivity index is 1.80. The normalized spacial score (nSPS) is 28.3. The van der Waals surface area contributed by atoms with Crippen LogP contribution in [0.2, 0.25) is 0 Å². The minimum atomic E-state index is 0.500. The molecule has 1 N–H and O–H groups in total. The zero-order chi connectivity index (χ0) is 14.4. The molecule has 108 valence electrons. The first-order valence-corrected chi connectivity index (χ1v) is 7.88. The summed E-state index contributed by atoms with van der Waals surface area (Å²) in [6, 6.07) is 9.40. The molecule has 0 spiro atoms. The molecule has 1 fully saturated rings. The minimum Gasteiger partial charge on any atom is -0.299 e. The molecule has 21 heavy (non-hydrogen) atoms. The molecule has 2 aliphatic rings. The standard InChI is InChI=1S/C17H20N4/c1-2-21-10-11(6-7-18)8-13-12-4-3-5-14-17(12)15(20-19-14)9-16(13)21/h3-5,11,13,16H,2,6,8-10H2,1H3,(H,19,20)/t11?,13-,16-/m1/s1. The maximum absolute atomic E-state index is 9.07. The zero-order valence-corrected chi connectivity index (χ0v) is 12.3. The first kappa shape index (κ1) is 12.8. The summed E-state index contributed by atoms with van der Waals surface area (Å²) in [5, 5.41) is 18.1. The number of fused-ring (bicyclic) bond motifs is 2. The van der Waals surface area contributed by atoms with Crippen molar-refractivity contribution in [2.75, 3.05) is 13.1 Å². The van der Waals surface area contributed by atoms with Crippen LogP contribution in [-0.4, -0.2) is 34.2 Å². The van der Waals surface area contributed by atoms with Gasteiger partial charge in [-0.05, 0) is 30.5 Å². The van der Waals surface area contributed by atoms with Gasteiger partial charge >= 0.3 is 0 Å². The van der Waals surface area contributed by atoms with Gasteiger partial charge in [0.2, 0.25) is 0 Å². The second kappa shape index (κ2) is 4.85. The van der Waals surface area contributed by atoms with E-state index in [-0.39, 0.29) is 0 Å². The number of nitrogens with zero attached hydrogens (tertiary/aromatic N) is 3. The lowest BCUT2D eigenvalue weighted by Gasteiger charge is -2.46. The number of piperidine rings is 1. The lowest BCUT2D eigenvalue weighted by atomic mass is 9.72. The van der Waals surface area contributed by atoms with E-state index in [4.69, 9.17) is 5.26 Å². The quantitative estimate of drug-likeness (QED) is 0.920. The van der Waals surface area contributed by atoms with E-state index >= 15 is 0 Å². The Bertz CT molecular complexity index is 711. The third-order valence-electron chi connectivity index (χ3n) is 5.30. The summed E-state index contributed by atoms with van der Waals surface area (Å²) in [5.41, 5.74) is 3.82. The number of rotatable bonds is 2. The van der Waals surface area contributed by atoms with E-state index in [0.29, 0.717) is 24.3 Å². The Hall–Kier alpha value is -1.86. The Kier molecular flexibility index (Phi) is 2.97. The first-order valence-electron chi connectivity index (χ1n) is 7.88. The maximum Gasteiger partial charge on any atom is 0.0926 e. The van der Waals surface area contributed by atoms with Crippen molar-refractivity contribution >= 4 is 10.9 Å². The van der Waals surface area contributed by atoms with Crippen molar-refractivity contribution in [2.24, 2.45) is 5.92 Å². The molecular weight excluding hydrogens is 260 g/mol. The van der Waals surface area contributed by atoms with Crippen LogP contribution < -0.4 is 0 Å². The third kappa shape index (κ3) is 1.88. The number of hydrogen-bond donors (Lipinski definition) is 1. The summed E-state index contributed by atoms with van der Waals surface area (Å²) >= 11 is 0. The second-order valence-electron chi connectivity index (χ2n) is 6.37. The molecular formula is C17H20N4. The van der Waals surface area contributed by atoms with Crippen molar-refractivity contribution in [1.82, 2.24) is 15.1 Å². The average molecular weight is 280 g/mol. The van der Waals surface area contributed by atoms with Crippen LogP contribution in [0.3, 0.4) is 0 Å². The van der Waals surface area contributed by atoms with E-state index < -0.39 is 0 Å². The van der Waals surface area contributed by atoms with Crippen LogP contribution in [0.4, 0.5) is 0 Å². The molecule has 1 aromatic carbocycles. The second-order valence-corrected chi connectivity index (χ2v) is 6.37. The molecule has 4 nitrogen and oxygen atoms in total. The first-order chi connectivity index (χ1) is 10.3. The SMILES string of the molecule is CCN1CC(CC#N)C[C@@H]2c3cccc4n[nH]c(c34)C[C@H]21. The molecule has 4 rings (SSSR count). The number of benzene rings is 1. The number of aromatic nitrogens is 2. The fraction of sp³-hybridized carbons (Fsp3) is 0.529. The fourth-order valence-corrected chi connectivity index (χ4v) is 4.39. The Morgan fingerprint density at radius 3 is 3.19 bits per heavy atom. The van der Waals surface area contributed by atoms with Gasteiger partial charge in [-0.3, -0.25) is 10.00 Å². The van der Waals surface area contributed by atoms with E-state index in [1.165, 1.54) is 16.6 Å². The van der Waals surface area contributed by atoms with Crippen molar-refractivity contribution in [3.63, 3.8) is 0 Å². The summed E-state index contributed by atoms with van der Waals surface area (Å²) < 4.78 is 0. The monoisotopic (exact) mass is 280 g/mol. The molecule has 2 aromatic rings. The molecule has 1 aliphatic carbocycles. The molecule has 1 unspecified atom stereocenters. The summed E-state index contributed by atoms with van der Waals surface area (Å²) in [5.74, 6) is 1.05. The average Bonchev–Trinajstić information content (AvgIpc) is 2.92. The minimum absolute atomic E-state index is 0.500. The van der Waals surface area contributed by atoms with E-state index in [0.717, 1.165) is 31.4 Å². The van der Waals surface area contributed by atoms with Crippen molar-refractivity contribution in [2.45, 2.75) is 38.1 Å². The molecule has 3 atom stereocenters. The third-order valence-corrected chi connectivity index (χ3v) is 5.30. The van der Waals surface area contributed by atoms with Crippen molar-refractivity contribution in [3.05, 3.63) is 29.5 Å². The van der Waals surface area contributed by atoms with Gasteiger partial charge in [-0.1, -0.05) is 19.1 Å². The van der Waals surface area contributed by atoms with Gasteiger partial charge in [0.15, 0.2) is 0 Å². The number of hydrogen-bond acceptors (Lipinski definition) is 3. The molecule has 0 radical (unpaired) electrons. The van der Waals surface area contributed by atoms with E-state index in [2.05, 4.69) is 46.3 Å². The highest BCUT2D eigenvalue weighted by molar-refractivity contribution is 5.86. The molecule has 1 saturated heterocycles. The molecule has 2 heterocycles. The van der Waals surface area contributed by atoms with Gasteiger partial charge in [0.1, 0.15) is 0 Å². The van der Waals surface area contributed by atoms with E-state index in [1.807, 2.05) is 0 Å². The molecule has 0 amide bonds. The lowest BCUT2D eigenvalue weighted by molar-refractivity contribution is 0.0910. The lowest BCUT2D eigenvalue weighted by Crippen LogP contribution is -2.49. The smallest absolute Gasteiger partial charge is 0.0926 e. The van der Waals surface area contributed by atoms with Gasteiger partial charge < -0.3 is 0 Å². The van der Waals surface area contributed by atoms with Gasteiger partial charge in [-0.15, -0.1) is 0 Å². The predicted octanol–water partition coefficient (Wildman–Crippen LogP) is 2.83. The predicted molar refractivity (Wildman–Crippen MR) is 81.9 cm³/mol. The maximum atomic E-state index is 9.07. The summed E-state index contributed by atoms with van der Waals surface area (Å²) in [6.45, 7) is 4.35. The largest absolute Gasteiger partial charge is 0.299 e. The van der Waals surface area contributed by atoms with Crippen LogP contribution in [0.5, 0.6) is 0 Å². The van der Waals surface area contributed by atoms with Crippen LogP contribution in [0.1, 0.15) is 36.9 Å². The van der Waals surface area contributed by atoms with Crippen LogP contribution >= 0.6 is 0 Å². The van der Waals surface area contributed by atoms with Crippen LogP contribution in [0.15, 0.2) is 18.2 Å². The molecule has 4 heteroatoms. The van der Waals surface area contributed by atoms with Crippen LogP contribution in [0, 0.1) is 17.2 Å².